The number of carbonyl (C=O) groups excluding carboxylic acids is 1. The Balaban J connectivity index is 2.55. The molecule has 1 atom stereocenters. The van der Waals surface area contributed by atoms with Gasteiger partial charge in [0.15, 0.2) is 5.69 Å². The molecule has 2 rings (SSSR count). The van der Waals surface area contributed by atoms with Gasteiger partial charge in [0.2, 0.25) is 0 Å². The maximum absolute atomic E-state index is 11.2. The number of nitrogens with one attached hydrogen (secondary N) is 1. The number of aromatic nitrogens is 2. The Morgan fingerprint density at radius 2 is 2.15 bits per heavy atom. The van der Waals surface area contributed by atoms with E-state index in [1.165, 1.54) is 12.4 Å². The number of halogens is 1. The van der Waals surface area contributed by atoms with E-state index >= 15 is 0 Å². The minimum atomic E-state index is -3.60. The third kappa shape index (κ3) is 1.50. The van der Waals surface area contributed by atoms with Gasteiger partial charge in [0.1, 0.15) is 0 Å². The molecule has 8 heteroatoms. The van der Waals surface area contributed by atoms with E-state index in [0.717, 1.165) is 0 Å². The smallest absolute Gasteiger partial charge is 0.397 e. The molecule has 68 valence electrons. The predicted molar refractivity (Wildman–Crippen MR) is 43.6 cm³/mol. The van der Waals surface area contributed by atoms with Crippen molar-refractivity contribution in [2.45, 2.75) is 0 Å². The maximum Gasteiger partial charge on any atom is 0.439 e. The fourth-order valence-corrected chi connectivity index (χ4v) is 2.03. The van der Waals surface area contributed by atoms with Crippen molar-refractivity contribution in [1.29, 1.82) is 0 Å². The summed E-state index contributed by atoms with van der Waals surface area (Å²) < 4.78 is 15.9. The Hall–Kier alpha value is -1.13. The van der Waals surface area contributed by atoms with Crippen molar-refractivity contribution in [3.63, 3.8) is 0 Å². The lowest BCUT2D eigenvalue weighted by molar-refractivity contribution is 0.0964. The van der Waals surface area contributed by atoms with Crippen LogP contribution in [0.5, 0.6) is 5.88 Å². The van der Waals surface area contributed by atoms with Gasteiger partial charge in [-0.25, -0.2) is 14.5 Å². The van der Waals surface area contributed by atoms with Gasteiger partial charge in [-0.2, -0.15) is 0 Å². The van der Waals surface area contributed by atoms with E-state index in [4.69, 9.17) is 15.8 Å². The number of rotatable bonds is 0. The third-order valence-electron chi connectivity index (χ3n) is 1.32. The number of fused-ring (bicyclic) bond motifs is 1. The van der Waals surface area contributed by atoms with Gasteiger partial charge in [-0.15, -0.1) is 0 Å². The van der Waals surface area contributed by atoms with E-state index in [-0.39, 0.29) is 11.6 Å². The molecule has 6 nitrogen and oxygen atoms in total. The van der Waals surface area contributed by atoms with Crippen LogP contribution in [-0.2, 0) is 4.57 Å². The summed E-state index contributed by atoms with van der Waals surface area (Å²) in [5.41, 5.74) is -0.0189. The molecule has 1 aliphatic rings. The van der Waals surface area contributed by atoms with Crippen LogP contribution >= 0.6 is 18.1 Å². The molecule has 1 unspecified atom stereocenters. The molecule has 0 bridgehead atoms. The second-order valence-corrected chi connectivity index (χ2v) is 4.92. The molecule has 1 aromatic heterocycles. The van der Waals surface area contributed by atoms with Crippen molar-refractivity contribution < 1.29 is 13.9 Å². The summed E-state index contributed by atoms with van der Waals surface area (Å²) in [4.78, 5) is 18.5. The molecule has 13 heavy (non-hydrogen) atoms. The first-order valence-corrected chi connectivity index (χ1v) is 5.74. The predicted octanol–water partition coefficient (Wildman–Crippen LogP) is 0.946. The van der Waals surface area contributed by atoms with E-state index < -0.39 is 12.8 Å². The van der Waals surface area contributed by atoms with Gasteiger partial charge in [-0.05, 0) is 0 Å². The van der Waals surface area contributed by atoms with Gasteiger partial charge in [0, 0.05) is 23.6 Å². The molecule has 0 saturated heterocycles. The normalized spacial score (nSPS) is 25.8. The average Bonchev–Trinajstić information content (AvgIpc) is 2.02. The number of hydrogen-bond acceptors (Lipinski definition) is 5. The van der Waals surface area contributed by atoms with E-state index in [2.05, 4.69) is 9.97 Å². The minimum absolute atomic E-state index is 0.0189. The number of nitrogens with zero attached hydrogens (tertiary/aromatic N) is 2. The Bertz CT molecular complexity index is 423. The Labute approximate surface area is 77.6 Å². The van der Waals surface area contributed by atoms with Crippen LogP contribution in [0.4, 0.5) is 0 Å². The molecular formula is C5H3ClN3O3P. The molecule has 1 amide bonds. The van der Waals surface area contributed by atoms with Crippen LogP contribution in [0.3, 0.4) is 0 Å². The van der Waals surface area contributed by atoms with E-state index in [9.17, 15) is 9.36 Å². The Morgan fingerprint density at radius 3 is 2.92 bits per heavy atom. The molecule has 0 aromatic carbocycles. The molecule has 0 spiro atoms. The molecule has 1 aromatic rings. The van der Waals surface area contributed by atoms with Crippen LogP contribution in [0, 0.1) is 0 Å². The number of amides is 1. The summed E-state index contributed by atoms with van der Waals surface area (Å²) in [6.07, 6.45) is 2.64. The van der Waals surface area contributed by atoms with Crippen LogP contribution in [0.15, 0.2) is 12.4 Å². The fourth-order valence-electron chi connectivity index (χ4n) is 0.856. The molecule has 1 aliphatic heterocycles. The second-order valence-electron chi connectivity index (χ2n) is 2.22. The Morgan fingerprint density at radius 1 is 1.46 bits per heavy atom. The first-order valence-electron chi connectivity index (χ1n) is 3.21. The quantitative estimate of drug-likeness (QED) is 0.657. The van der Waals surface area contributed by atoms with Crippen LogP contribution in [-0.4, -0.2) is 15.9 Å². The molecule has 2 heterocycles. The van der Waals surface area contributed by atoms with Crippen molar-refractivity contribution in [3.8, 4) is 5.88 Å². The zero-order valence-electron chi connectivity index (χ0n) is 6.10. The lowest BCUT2D eigenvalue weighted by Crippen LogP contribution is -2.27. The topological polar surface area (TPSA) is 81.2 Å². The molecular weight excluding hydrogens is 216 g/mol. The SMILES string of the molecule is O=C1NP(=O)(Cl)Oc2nccnc21. The molecule has 0 aliphatic carbocycles. The summed E-state index contributed by atoms with van der Waals surface area (Å²) in [6, 6.07) is 0. The monoisotopic (exact) mass is 219 g/mol. The first kappa shape index (κ1) is 8.47. The zero-order chi connectivity index (χ0) is 9.47. The molecule has 0 radical (unpaired) electrons. The zero-order valence-corrected chi connectivity index (χ0v) is 7.75. The maximum atomic E-state index is 11.2. The van der Waals surface area contributed by atoms with Crippen molar-refractivity contribution in [2.24, 2.45) is 0 Å². The summed E-state index contributed by atoms with van der Waals surface area (Å²) in [7, 11) is 0. The summed E-state index contributed by atoms with van der Waals surface area (Å²) in [5.74, 6) is -0.753. The third-order valence-corrected chi connectivity index (χ3v) is 2.66. The highest BCUT2D eigenvalue weighted by molar-refractivity contribution is 7.84. The second kappa shape index (κ2) is 2.68. The lowest BCUT2D eigenvalue weighted by Gasteiger charge is -2.18. The Kier molecular flexibility index (Phi) is 1.75. The van der Waals surface area contributed by atoms with E-state index in [1.54, 1.807) is 0 Å². The lowest BCUT2D eigenvalue weighted by atomic mass is 10.4. The van der Waals surface area contributed by atoms with Crippen molar-refractivity contribution >= 4 is 24.0 Å². The summed E-state index contributed by atoms with van der Waals surface area (Å²) in [5, 5.41) is 1.97. The highest BCUT2D eigenvalue weighted by Crippen LogP contribution is 2.50. The van der Waals surface area contributed by atoms with Crippen LogP contribution in [0.2, 0.25) is 0 Å². The number of carbonyl (C=O) groups is 1. The van der Waals surface area contributed by atoms with Gasteiger partial charge < -0.3 is 4.52 Å². The van der Waals surface area contributed by atoms with Crippen molar-refractivity contribution in [3.05, 3.63) is 18.1 Å². The highest BCUT2D eigenvalue weighted by Gasteiger charge is 2.34. The minimum Gasteiger partial charge on any atom is -0.397 e. The van der Waals surface area contributed by atoms with Gasteiger partial charge in [0.05, 0.1) is 0 Å². The van der Waals surface area contributed by atoms with Gasteiger partial charge in [0.25, 0.3) is 11.8 Å². The van der Waals surface area contributed by atoms with Gasteiger partial charge in [-0.1, -0.05) is 0 Å². The number of hydrogen-bond donors (Lipinski definition) is 1. The average molecular weight is 220 g/mol. The van der Waals surface area contributed by atoms with E-state index in [1.807, 2.05) is 5.09 Å². The highest BCUT2D eigenvalue weighted by atomic mass is 35.7. The van der Waals surface area contributed by atoms with Crippen LogP contribution in [0.1, 0.15) is 10.5 Å². The summed E-state index contributed by atoms with van der Waals surface area (Å²) >= 11 is 5.33. The van der Waals surface area contributed by atoms with Crippen LogP contribution < -0.4 is 9.61 Å². The van der Waals surface area contributed by atoms with E-state index in [0.29, 0.717) is 0 Å². The van der Waals surface area contributed by atoms with Gasteiger partial charge in [-0.3, -0.25) is 9.88 Å². The fraction of sp³-hybridized carbons (Fsp3) is 0. The van der Waals surface area contributed by atoms with Crippen molar-refractivity contribution in [2.75, 3.05) is 0 Å². The van der Waals surface area contributed by atoms with Crippen LogP contribution in [0.25, 0.3) is 0 Å². The first-order chi connectivity index (χ1) is 6.08. The molecule has 1 N–H and O–H groups in total. The largest absolute Gasteiger partial charge is 0.439 e. The summed E-state index contributed by atoms with van der Waals surface area (Å²) in [6.45, 7) is -3.60. The molecule has 0 saturated carbocycles. The standard InChI is InChI=1S/C5H3ClN3O3P/c6-13(11)9-4(10)3-5(12-13)8-2-1-7-3/h1-2H,(H,9,10,11). The van der Waals surface area contributed by atoms with Gasteiger partial charge >= 0.3 is 6.87 Å². The van der Waals surface area contributed by atoms with Crippen molar-refractivity contribution in [1.82, 2.24) is 15.1 Å². The molecule has 0 fully saturated rings.